The molecule has 0 radical (unpaired) electrons. The first-order valence-electron chi connectivity index (χ1n) is 7.11. The monoisotopic (exact) mass is 263 g/mol. The topological polar surface area (TPSA) is 29.5 Å². The molecule has 0 aromatic heterocycles. The Bertz CT molecular complexity index is 395. The number of benzene rings is 1. The SMILES string of the molecule is CC.COc1ccccc1C1CCN(C(C)=O)CC1. The van der Waals surface area contributed by atoms with Crippen molar-refractivity contribution in [3.63, 3.8) is 0 Å². The van der Waals surface area contributed by atoms with Crippen LogP contribution in [0.5, 0.6) is 5.75 Å². The van der Waals surface area contributed by atoms with Crippen LogP contribution in [0.15, 0.2) is 24.3 Å². The molecule has 1 saturated heterocycles. The summed E-state index contributed by atoms with van der Waals surface area (Å²) in [6, 6.07) is 8.18. The molecule has 0 atom stereocenters. The summed E-state index contributed by atoms with van der Waals surface area (Å²) in [6.07, 6.45) is 2.06. The van der Waals surface area contributed by atoms with Gasteiger partial charge < -0.3 is 9.64 Å². The number of ether oxygens (including phenoxy) is 1. The third-order valence-corrected chi connectivity index (χ3v) is 3.52. The predicted molar refractivity (Wildman–Crippen MR) is 78.6 cm³/mol. The molecule has 0 spiro atoms. The summed E-state index contributed by atoms with van der Waals surface area (Å²) in [5.74, 6) is 1.67. The number of piperidine rings is 1. The minimum Gasteiger partial charge on any atom is -0.496 e. The molecule has 106 valence electrons. The Kier molecular flexibility index (Phi) is 6.40. The number of likely N-dealkylation sites (tertiary alicyclic amines) is 1. The molecule has 0 N–H and O–H groups in total. The van der Waals surface area contributed by atoms with Gasteiger partial charge >= 0.3 is 0 Å². The van der Waals surface area contributed by atoms with Gasteiger partial charge in [-0.1, -0.05) is 32.0 Å². The summed E-state index contributed by atoms with van der Waals surface area (Å²) in [5.41, 5.74) is 1.28. The number of carbonyl (C=O) groups is 1. The van der Waals surface area contributed by atoms with Crippen LogP contribution in [0, 0.1) is 0 Å². The zero-order chi connectivity index (χ0) is 14.3. The molecule has 0 unspecified atom stereocenters. The summed E-state index contributed by atoms with van der Waals surface area (Å²) in [6.45, 7) is 7.36. The van der Waals surface area contributed by atoms with E-state index in [-0.39, 0.29) is 5.91 Å². The average Bonchev–Trinajstić information content (AvgIpc) is 2.49. The van der Waals surface area contributed by atoms with E-state index in [1.165, 1.54) is 5.56 Å². The lowest BCUT2D eigenvalue weighted by atomic mass is 9.89. The minimum absolute atomic E-state index is 0.184. The van der Waals surface area contributed by atoms with Crippen LogP contribution < -0.4 is 4.74 Å². The second-order valence-electron chi connectivity index (χ2n) is 4.52. The molecule has 2 rings (SSSR count). The molecule has 3 nitrogen and oxygen atoms in total. The number of amides is 1. The van der Waals surface area contributed by atoms with Gasteiger partial charge in [-0.05, 0) is 30.4 Å². The van der Waals surface area contributed by atoms with E-state index in [1.54, 1.807) is 14.0 Å². The largest absolute Gasteiger partial charge is 0.496 e. The van der Waals surface area contributed by atoms with Gasteiger partial charge in [-0.2, -0.15) is 0 Å². The summed E-state index contributed by atoms with van der Waals surface area (Å²) < 4.78 is 5.39. The van der Waals surface area contributed by atoms with Gasteiger partial charge in [-0.3, -0.25) is 4.79 Å². The van der Waals surface area contributed by atoms with E-state index in [1.807, 2.05) is 30.9 Å². The van der Waals surface area contributed by atoms with Crippen LogP contribution in [0.4, 0.5) is 0 Å². The Balaban J connectivity index is 0.000000861. The molecular formula is C16H25NO2. The second-order valence-corrected chi connectivity index (χ2v) is 4.52. The van der Waals surface area contributed by atoms with Crippen molar-refractivity contribution in [1.29, 1.82) is 0 Å². The summed E-state index contributed by atoms with van der Waals surface area (Å²) in [4.78, 5) is 13.2. The number of carbonyl (C=O) groups excluding carboxylic acids is 1. The molecule has 1 heterocycles. The summed E-state index contributed by atoms with van der Waals surface area (Å²) >= 11 is 0. The van der Waals surface area contributed by atoms with Gasteiger partial charge in [0.2, 0.25) is 5.91 Å². The lowest BCUT2D eigenvalue weighted by Gasteiger charge is -2.32. The average molecular weight is 263 g/mol. The number of rotatable bonds is 2. The normalized spacial score (nSPS) is 15.5. The quantitative estimate of drug-likeness (QED) is 0.818. The highest BCUT2D eigenvalue weighted by Crippen LogP contribution is 2.33. The molecule has 0 saturated carbocycles. The van der Waals surface area contributed by atoms with E-state index in [2.05, 4.69) is 12.1 Å². The van der Waals surface area contributed by atoms with E-state index in [9.17, 15) is 4.79 Å². The van der Waals surface area contributed by atoms with Crippen molar-refractivity contribution >= 4 is 5.91 Å². The number of para-hydroxylation sites is 1. The fraction of sp³-hybridized carbons (Fsp3) is 0.562. The lowest BCUT2D eigenvalue weighted by Crippen LogP contribution is -2.36. The Morgan fingerprint density at radius 3 is 2.32 bits per heavy atom. The zero-order valence-electron chi connectivity index (χ0n) is 12.5. The molecule has 1 amide bonds. The summed E-state index contributed by atoms with van der Waals surface area (Å²) in [7, 11) is 1.71. The van der Waals surface area contributed by atoms with Gasteiger partial charge in [-0.15, -0.1) is 0 Å². The van der Waals surface area contributed by atoms with Crippen molar-refractivity contribution in [2.45, 2.75) is 39.5 Å². The fourth-order valence-electron chi connectivity index (χ4n) is 2.51. The maximum Gasteiger partial charge on any atom is 0.219 e. The highest BCUT2D eigenvalue weighted by atomic mass is 16.5. The molecule has 1 aliphatic heterocycles. The molecule has 19 heavy (non-hydrogen) atoms. The van der Waals surface area contributed by atoms with Crippen LogP contribution in [0.2, 0.25) is 0 Å². The molecule has 0 bridgehead atoms. The van der Waals surface area contributed by atoms with Gasteiger partial charge in [-0.25, -0.2) is 0 Å². The molecule has 1 fully saturated rings. The lowest BCUT2D eigenvalue weighted by molar-refractivity contribution is -0.129. The fourth-order valence-corrected chi connectivity index (χ4v) is 2.51. The van der Waals surface area contributed by atoms with Crippen LogP contribution in [0.1, 0.15) is 45.1 Å². The molecule has 1 aromatic carbocycles. The Labute approximate surface area is 116 Å². The maximum absolute atomic E-state index is 11.3. The minimum atomic E-state index is 0.184. The van der Waals surface area contributed by atoms with E-state index in [0.717, 1.165) is 31.7 Å². The van der Waals surface area contributed by atoms with Crippen LogP contribution in [-0.2, 0) is 4.79 Å². The van der Waals surface area contributed by atoms with Crippen LogP contribution in [0.25, 0.3) is 0 Å². The van der Waals surface area contributed by atoms with Gasteiger partial charge in [0, 0.05) is 20.0 Å². The van der Waals surface area contributed by atoms with Gasteiger partial charge in [0.25, 0.3) is 0 Å². The van der Waals surface area contributed by atoms with Crippen LogP contribution >= 0.6 is 0 Å². The first-order chi connectivity index (χ1) is 9.22. The van der Waals surface area contributed by atoms with Crippen molar-refractivity contribution in [2.75, 3.05) is 20.2 Å². The van der Waals surface area contributed by atoms with Crippen molar-refractivity contribution in [3.8, 4) is 5.75 Å². The number of methoxy groups -OCH3 is 1. The Morgan fingerprint density at radius 1 is 1.21 bits per heavy atom. The highest BCUT2D eigenvalue weighted by Gasteiger charge is 2.23. The van der Waals surface area contributed by atoms with E-state index < -0.39 is 0 Å². The third-order valence-electron chi connectivity index (χ3n) is 3.52. The molecule has 0 aliphatic carbocycles. The first kappa shape index (κ1) is 15.5. The Hall–Kier alpha value is -1.51. The number of hydrogen-bond donors (Lipinski definition) is 0. The maximum atomic E-state index is 11.3. The van der Waals surface area contributed by atoms with Gasteiger partial charge in [0.05, 0.1) is 7.11 Å². The van der Waals surface area contributed by atoms with E-state index in [0.29, 0.717) is 5.92 Å². The van der Waals surface area contributed by atoms with Gasteiger partial charge in [0.1, 0.15) is 5.75 Å². The van der Waals surface area contributed by atoms with E-state index in [4.69, 9.17) is 4.74 Å². The van der Waals surface area contributed by atoms with Crippen molar-refractivity contribution < 1.29 is 9.53 Å². The van der Waals surface area contributed by atoms with Crippen molar-refractivity contribution in [3.05, 3.63) is 29.8 Å². The third kappa shape index (κ3) is 3.98. The standard InChI is InChI=1S/C14H19NO2.C2H6/c1-11(16)15-9-7-12(8-10-15)13-5-3-4-6-14(13)17-2;1-2/h3-6,12H,7-10H2,1-2H3;1-2H3. The molecule has 1 aliphatic rings. The number of nitrogens with zero attached hydrogens (tertiary/aromatic N) is 1. The van der Waals surface area contributed by atoms with Crippen molar-refractivity contribution in [1.82, 2.24) is 4.90 Å². The highest BCUT2D eigenvalue weighted by molar-refractivity contribution is 5.73. The van der Waals surface area contributed by atoms with Gasteiger partial charge in [0.15, 0.2) is 0 Å². The second kappa shape index (κ2) is 7.82. The zero-order valence-corrected chi connectivity index (χ0v) is 12.5. The molecular weight excluding hydrogens is 238 g/mol. The molecule has 3 heteroatoms. The first-order valence-corrected chi connectivity index (χ1v) is 7.11. The smallest absolute Gasteiger partial charge is 0.219 e. The summed E-state index contributed by atoms with van der Waals surface area (Å²) in [5, 5.41) is 0. The van der Waals surface area contributed by atoms with Crippen molar-refractivity contribution in [2.24, 2.45) is 0 Å². The van der Waals surface area contributed by atoms with Crippen LogP contribution in [-0.4, -0.2) is 31.0 Å². The van der Waals surface area contributed by atoms with E-state index >= 15 is 0 Å². The Morgan fingerprint density at radius 2 is 1.79 bits per heavy atom. The molecule has 1 aromatic rings. The van der Waals surface area contributed by atoms with Crippen LogP contribution in [0.3, 0.4) is 0 Å². The number of hydrogen-bond acceptors (Lipinski definition) is 2. The predicted octanol–water partition coefficient (Wildman–Crippen LogP) is 3.45.